The van der Waals surface area contributed by atoms with E-state index in [1.165, 1.54) is 0 Å². The maximum absolute atomic E-state index is 13.3. The lowest BCUT2D eigenvalue weighted by molar-refractivity contribution is -0.140. The lowest BCUT2D eigenvalue weighted by Crippen LogP contribution is -2.49. The lowest BCUT2D eigenvalue weighted by atomic mass is 9.73. The molecule has 3 rings (SSSR count). The monoisotopic (exact) mass is 358 g/mol. The van der Waals surface area contributed by atoms with E-state index in [2.05, 4.69) is 0 Å². The van der Waals surface area contributed by atoms with Crippen LogP contribution in [0.2, 0.25) is 5.02 Å². The molecule has 1 aromatic rings. The van der Waals surface area contributed by atoms with E-state index in [0.717, 1.165) is 37.9 Å². The Morgan fingerprint density at radius 3 is 2.74 bits per heavy atom. The van der Waals surface area contributed by atoms with Gasteiger partial charge in [-0.3, -0.25) is 4.79 Å². The van der Waals surface area contributed by atoms with Crippen molar-refractivity contribution in [2.75, 3.05) is 32.8 Å². The molecule has 1 unspecified atom stereocenters. The smallest absolute Gasteiger partial charge is 0.233 e. The average Bonchev–Trinajstić information content (AvgIpc) is 3.04. The number of halogens is 2. The van der Waals surface area contributed by atoms with Gasteiger partial charge in [0.2, 0.25) is 5.91 Å². The van der Waals surface area contributed by atoms with Gasteiger partial charge < -0.3 is 15.4 Å². The molecule has 4 nitrogen and oxygen atoms in total. The maximum Gasteiger partial charge on any atom is 0.233 e. The van der Waals surface area contributed by atoms with Crippen LogP contribution in [0, 0.1) is 5.92 Å². The fourth-order valence-electron chi connectivity index (χ4n) is 3.64. The minimum atomic E-state index is -0.493. The lowest BCUT2D eigenvalue weighted by Gasteiger charge is -2.39. The van der Waals surface area contributed by atoms with Crippen molar-refractivity contribution in [3.8, 4) is 0 Å². The van der Waals surface area contributed by atoms with Crippen molar-refractivity contribution in [1.29, 1.82) is 0 Å². The Morgan fingerprint density at radius 2 is 2.13 bits per heavy atom. The Morgan fingerprint density at radius 1 is 1.39 bits per heavy atom. The van der Waals surface area contributed by atoms with E-state index in [1.54, 1.807) is 0 Å². The largest absolute Gasteiger partial charge is 0.381 e. The molecule has 6 heteroatoms. The minimum Gasteiger partial charge on any atom is -0.381 e. The van der Waals surface area contributed by atoms with Crippen LogP contribution in [0.3, 0.4) is 0 Å². The summed E-state index contributed by atoms with van der Waals surface area (Å²) in [5.74, 6) is 0.647. The predicted molar refractivity (Wildman–Crippen MR) is 94.2 cm³/mol. The van der Waals surface area contributed by atoms with Crippen molar-refractivity contribution in [2.24, 2.45) is 11.7 Å². The van der Waals surface area contributed by atoms with E-state index >= 15 is 0 Å². The van der Waals surface area contributed by atoms with Crippen molar-refractivity contribution in [3.63, 3.8) is 0 Å². The second-order valence-corrected chi connectivity index (χ2v) is 6.78. The van der Waals surface area contributed by atoms with Crippen LogP contribution < -0.4 is 5.73 Å². The molecule has 2 heterocycles. The molecule has 2 aliphatic rings. The maximum atomic E-state index is 13.3. The number of rotatable bonds is 3. The molecule has 0 radical (unpaired) electrons. The van der Waals surface area contributed by atoms with Gasteiger partial charge in [0.05, 0.1) is 5.41 Å². The van der Waals surface area contributed by atoms with Crippen molar-refractivity contribution in [3.05, 3.63) is 34.9 Å². The highest BCUT2D eigenvalue weighted by Gasteiger charge is 2.45. The summed E-state index contributed by atoms with van der Waals surface area (Å²) >= 11 is 6.16. The second-order valence-electron chi connectivity index (χ2n) is 6.35. The second kappa shape index (κ2) is 7.84. The molecule has 0 aromatic heterocycles. The SMILES string of the molecule is Cl.NCC1CCN(C(=O)C2(c3cccc(Cl)c3)CCOCC2)C1. The minimum absolute atomic E-state index is 0. The first-order valence-electron chi connectivity index (χ1n) is 7.99. The van der Waals surface area contributed by atoms with Crippen LogP contribution in [0.25, 0.3) is 0 Å². The molecule has 23 heavy (non-hydrogen) atoms. The molecular weight excluding hydrogens is 335 g/mol. The van der Waals surface area contributed by atoms with E-state index in [-0.39, 0.29) is 18.3 Å². The summed E-state index contributed by atoms with van der Waals surface area (Å²) in [6.45, 7) is 3.47. The molecule has 1 aromatic carbocycles. The topological polar surface area (TPSA) is 55.6 Å². The van der Waals surface area contributed by atoms with Gasteiger partial charge in [-0.2, -0.15) is 0 Å². The molecule has 1 amide bonds. The van der Waals surface area contributed by atoms with Crippen LogP contribution >= 0.6 is 24.0 Å². The molecular formula is C17H24Cl2N2O2. The van der Waals surface area contributed by atoms with Crippen LogP contribution in [0.5, 0.6) is 0 Å². The molecule has 1 atom stereocenters. The van der Waals surface area contributed by atoms with E-state index in [9.17, 15) is 4.79 Å². The zero-order valence-electron chi connectivity index (χ0n) is 13.2. The van der Waals surface area contributed by atoms with E-state index in [4.69, 9.17) is 22.1 Å². The number of carbonyl (C=O) groups is 1. The molecule has 0 spiro atoms. The Balaban J connectivity index is 0.00000192. The summed E-state index contributed by atoms with van der Waals surface area (Å²) in [5, 5.41) is 0.678. The van der Waals surface area contributed by atoms with Crippen LogP contribution in [0.1, 0.15) is 24.8 Å². The number of carbonyl (C=O) groups excluding carboxylic acids is 1. The Kier molecular flexibility index (Phi) is 6.32. The van der Waals surface area contributed by atoms with Gasteiger partial charge in [0.15, 0.2) is 0 Å². The first-order valence-corrected chi connectivity index (χ1v) is 8.37. The first-order chi connectivity index (χ1) is 10.7. The number of nitrogens with two attached hydrogens (primary N) is 1. The van der Waals surface area contributed by atoms with Gasteiger partial charge >= 0.3 is 0 Å². The van der Waals surface area contributed by atoms with Gasteiger partial charge in [-0.25, -0.2) is 0 Å². The van der Waals surface area contributed by atoms with Crippen LogP contribution in [-0.2, 0) is 14.9 Å². The first kappa shape index (κ1) is 18.5. The number of benzene rings is 1. The van der Waals surface area contributed by atoms with E-state index in [0.29, 0.717) is 30.7 Å². The molecule has 2 N–H and O–H groups in total. The molecule has 2 fully saturated rings. The average molecular weight is 359 g/mol. The number of hydrogen-bond donors (Lipinski definition) is 1. The van der Waals surface area contributed by atoms with Gasteiger partial charge in [-0.15, -0.1) is 12.4 Å². The molecule has 0 aliphatic carbocycles. The molecule has 2 saturated heterocycles. The normalized spacial score (nSPS) is 23.4. The standard InChI is InChI=1S/C17H23ClN2O2.ClH/c18-15-3-1-2-14(10-15)17(5-8-22-9-6-17)16(21)20-7-4-13(11-19)12-20;/h1-3,10,13H,4-9,11-12,19H2;1H. The summed E-state index contributed by atoms with van der Waals surface area (Å²) in [7, 11) is 0. The summed E-state index contributed by atoms with van der Waals surface area (Å²) in [5.41, 5.74) is 6.29. The Labute approximate surface area is 148 Å². The number of hydrogen-bond acceptors (Lipinski definition) is 3. The number of likely N-dealkylation sites (tertiary alicyclic amines) is 1. The van der Waals surface area contributed by atoms with Gasteiger partial charge in [0.1, 0.15) is 0 Å². The number of nitrogens with zero attached hydrogens (tertiary/aromatic N) is 1. The van der Waals surface area contributed by atoms with Crippen molar-refractivity contribution in [2.45, 2.75) is 24.7 Å². The molecule has 128 valence electrons. The third kappa shape index (κ3) is 3.66. The molecule has 0 saturated carbocycles. The molecule has 0 bridgehead atoms. The highest BCUT2D eigenvalue weighted by molar-refractivity contribution is 6.30. The van der Waals surface area contributed by atoms with Crippen molar-refractivity contribution in [1.82, 2.24) is 4.90 Å². The third-order valence-corrected chi connectivity index (χ3v) is 5.27. The highest BCUT2D eigenvalue weighted by Crippen LogP contribution is 2.38. The van der Waals surface area contributed by atoms with Gasteiger partial charge in [-0.1, -0.05) is 23.7 Å². The summed E-state index contributed by atoms with van der Waals surface area (Å²) in [6.07, 6.45) is 2.44. The van der Waals surface area contributed by atoms with Crippen LogP contribution in [0.4, 0.5) is 0 Å². The summed E-state index contributed by atoms with van der Waals surface area (Å²) < 4.78 is 5.51. The van der Waals surface area contributed by atoms with E-state index < -0.39 is 5.41 Å². The fourth-order valence-corrected chi connectivity index (χ4v) is 3.83. The fraction of sp³-hybridized carbons (Fsp3) is 0.588. The quantitative estimate of drug-likeness (QED) is 0.903. The Hall–Kier alpha value is -0.810. The van der Waals surface area contributed by atoms with Gasteiger partial charge in [0.25, 0.3) is 0 Å². The van der Waals surface area contributed by atoms with Crippen LogP contribution in [0.15, 0.2) is 24.3 Å². The van der Waals surface area contributed by atoms with Gasteiger partial charge in [0, 0.05) is 31.3 Å². The highest BCUT2D eigenvalue weighted by atomic mass is 35.5. The molecule has 2 aliphatic heterocycles. The van der Waals surface area contributed by atoms with E-state index in [1.807, 2.05) is 29.2 Å². The predicted octanol–water partition coefficient (Wildman–Crippen LogP) is 2.62. The number of ether oxygens (including phenoxy) is 1. The van der Waals surface area contributed by atoms with Crippen molar-refractivity contribution < 1.29 is 9.53 Å². The zero-order valence-corrected chi connectivity index (χ0v) is 14.7. The van der Waals surface area contributed by atoms with Crippen molar-refractivity contribution >= 4 is 29.9 Å². The zero-order chi connectivity index (χ0) is 15.6. The third-order valence-electron chi connectivity index (χ3n) is 5.04. The Bertz CT molecular complexity index is 547. The van der Waals surface area contributed by atoms with Crippen LogP contribution in [-0.4, -0.2) is 43.7 Å². The van der Waals surface area contributed by atoms with Gasteiger partial charge in [-0.05, 0) is 49.4 Å². The number of amides is 1. The summed E-state index contributed by atoms with van der Waals surface area (Å²) in [4.78, 5) is 15.3. The summed E-state index contributed by atoms with van der Waals surface area (Å²) in [6, 6.07) is 7.73.